The average molecular weight is 277 g/mol. The molecule has 1 aliphatic heterocycles. The number of hydrogen-bond acceptors (Lipinski definition) is 3. The molecule has 1 heterocycles. The fraction of sp³-hybridized carbons (Fsp3) is 0.647. The van der Waals surface area contributed by atoms with E-state index in [0.29, 0.717) is 25.8 Å². The largest absolute Gasteiger partial charge is 0.388 e. The zero-order valence-electron chi connectivity index (χ0n) is 12.7. The molecule has 1 aromatic carbocycles. The molecule has 1 unspecified atom stereocenters. The predicted octanol–water partition coefficient (Wildman–Crippen LogP) is 2.45. The number of rotatable bonds is 6. The second-order valence-electron chi connectivity index (χ2n) is 6.01. The van der Waals surface area contributed by atoms with Crippen molar-refractivity contribution in [3.05, 3.63) is 35.4 Å². The van der Waals surface area contributed by atoms with E-state index in [-0.39, 0.29) is 0 Å². The van der Waals surface area contributed by atoms with Crippen molar-refractivity contribution in [3.8, 4) is 0 Å². The van der Waals surface area contributed by atoms with Crippen molar-refractivity contribution in [2.75, 3.05) is 19.8 Å². The molecule has 0 aliphatic carbocycles. The van der Waals surface area contributed by atoms with Gasteiger partial charge in [-0.2, -0.15) is 0 Å². The Morgan fingerprint density at radius 1 is 1.25 bits per heavy atom. The number of nitrogens with one attached hydrogen (secondary N) is 1. The summed E-state index contributed by atoms with van der Waals surface area (Å²) in [6.45, 7) is 6.32. The van der Waals surface area contributed by atoms with Crippen LogP contribution in [0.15, 0.2) is 24.3 Å². The third-order valence-corrected chi connectivity index (χ3v) is 4.24. The van der Waals surface area contributed by atoms with Crippen LogP contribution in [-0.2, 0) is 11.2 Å². The lowest BCUT2D eigenvalue weighted by molar-refractivity contribution is -0.0628. The van der Waals surface area contributed by atoms with Crippen molar-refractivity contribution in [1.29, 1.82) is 0 Å². The molecule has 3 nitrogen and oxygen atoms in total. The van der Waals surface area contributed by atoms with E-state index in [1.165, 1.54) is 11.1 Å². The molecule has 0 spiro atoms. The first-order valence-corrected chi connectivity index (χ1v) is 7.70. The Kier molecular flexibility index (Phi) is 5.58. The van der Waals surface area contributed by atoms with Gasteiger partial charge in [-0.1, -0.05) is 36.8 Å². The van der Waals surface area contributed by atoms with Crippen LogP contribution in [0.3, 0.4) is 0 Å². The SMILES string of the molecule is CCC(Cc1ccc(C)cc1)NCC1(O)CCOCC1. The van der Waals surface area contributed by atoms with E-state index in [4.69, 9.17) is 4.74 Å². The highest BCUT2D eigenvalue weighted by Gasteiger charge is 2.29. The molecule has 0 bridgehead atoms. The monoisotopic (exact) mass is 277 g/mol. The zero-order chi connectivity index (χ0) is 14.4. The van der Waals surface area contributed by atoms with Gasteiger partial charge in [-0.15, -0.1) is 0 Å². The minimum Gasteiger partial charge on any atom is -0.388 e. The van der Waals surface area contributed by atoms with Gasteiger partial charge in [-0.05, 0) is 25.3 Å². The third kappa shape index (κ3) is 4.58. The van der Waals surface area contributed by atoms with Gasteiger partial charge in [0.15, 0.2) is 0 Å². The van der Waals surface area contributed by atoms with Gasteiger partial charge < -0.3 is 15.2 Å². The lowest BCUT2D eigenvalue weighted by Crippen LogP contribution is -2.48. The fourth-order valence-electron chi connectivity index (χ4n) is 2.63. The predicted molar refractivity (Wildman–Crippen MR) is 82.0 cm³/mol. The summed E-state index contributed by atoms with van der Waals surface area (Å²) < 4.78 is 5.32. The van der Waals surface area contributed by atoms with Crippen LogP contribution < -0.4 is 5.32 Å². The van der Waals surface area contributed by atoms with Crippen molar-refractivity contribution >= 4 is 0 Å². The van der Waals surface area contributed by atoms with Crippen LogP contribution >= 0.6 is 0 Å². The number of aliphatic hydroxyl groups is 1. The van der Waals surface area contributed by atoms with E-state index in [1.807, 2.05) is 0 Å². The lowest BCUT2D eigenvalue weighted by Gasteiger charge is -2.33. The van der Waals surface area contributed by atoms with Crippen LogP contribution in [0.2, 0.25) is 0 Å². The van der Waals surface area contributed by atoms with Crippen molar-refractivity contribution < 1.29 is 9.84 Å². The Morgan fingerprint density at radius 3 is 2.50 bits per heavy atom. The summed E-state index contributed by atoms with van der Waals surface area (Å²) in [5.74, 6) is 0. The fourth-order valence-corrected chi connectivity index (χ4v) is 2.63. The molecule has 0 amide bonds. The highest BCUT2D eigenvalue weighted by molar-refractivity contribution is 5.22. The van der Waals surface area contributed by atoms with Gasteiger partial charge in [0.1, 0.15) is 0 Å². The second kappa shape index (κ2) is 7.21. The number of ether oxygens (including phenoxy) is 1. The minimum atomic E-state index is -0.584. The Labute approximate surface area is 122 Å². The van der Waals surface area contributed by atoms with Crippen LogP contribution in [0.5, 0.6) is 0 Å². The van der Waals surface area contributed by atoms with Crippen LogP contribution in [0, 0.1) is 6.92 Å². The quantitative estimate of drug-likeness (QED) is 0.839. The van der Waals surface area contributed by atoms with Gasteiger partial charge in [-0.3, -0.25) is 0 Å². The summed E-state index contributed by atoms with van der Waals surface area (Å²) >= 11 is 0. The highest BCUT2D eigenvalue weighted by Crippen LogP contribution is 2.20. The molecule has 1 aromatic rings. The maximum atomic E-state index is 10.5. The first-order valence-electron chi connectivity index (χ1n) is 7.70. The molecular formula is C17H27NO2. The average Bonchev–Trinajstić information content (AvgIpc) is 2.46. The standard InChI is InChI=1S/C17H27NO2/c1-3-16(12-15-6-4-14(2)5-7-15)18-13-17(19)8-10-20-11-9-17/h4-7,16,18-19H,3,8-13H2,1-2H3. The van der Waals surface area contributed by atoms with Crippen LogP contribution in [0.25, 0.3) is 0 Å². The van der Waals surface area contributed by atoms with Crippen molar-refractivity contribution in [2.24, 2.45) is 0 Å². The van der Waals surface area contributed by atoms with Crippen molar-refractivity contribution in [3.63, 3.8) is 0 Å². The first kappa shape index (κ1) is 15.5. The molecule has 0 saturated carbocycles. The number of hydrogen-bond donors (Lipinski definition) is 2. The molecule has 1 aliphatic rings. The molecule has 2 rings (SSSR count). The maximum Gasteiger partial charge on any atom is 0.0815 e. The molecule has 20 heavy (non-hydrogen) atoms. The van der Waals surface area contributed by atoms with E-state index in [9.17, 15) is 5.11 Å². The Balaban J connectivity index is 1.84. The van der Waals surface area contributed by atoms with Gasteiger partial charge in [0.25, 0.3) is 0 Å². The molecule has 112 valence electrons. The number of benzene rings is 1. The molecular weight excluding hydrogens is 250 g/mol. The summed E-state index contributed by atoms with van der Waals surface area (Å²) in [4.78, 5) is 0. The minimum absolute atomic E-state index is 0.421. The number of aryl methyl sites for hydroxylation is 1. The Bertz CT molecular complexity index is 396. The zero-order valence-corrected chi connectivity index (χ0v) is 12.7. The second-order valence-corrected chi connectivity index (χ2v) is 6.01. The molecule has 1 saturated heterocycles. The Morgan fingerprint density at radius 2 is 1.90 bits per heavy atom. The summed E-state index contributed by atoms with van der Waals surface area (Å²) in [5.41, 5.74) is 2.07. The van der Waals surface area contributed by atoms with E-state index in [0.717, 1.165) is 25.7 Å². The van der Waals surface area contributed by atoms with Gasteiger partial charge >= 0.3 is 0 Å². The smallest absolute Gasteiger partial charge is 0.0815 e. The Hall–Kier alpha value is -0.900. The summed E-state index contributed by atoms with van der Waals surface area (Å²) in [6, 6.07) is 9.14. The van der Waals surface area contributed by atoms with Gasteiger partial charge in [-0.25, -0.2) is 0 Å². The molecule has 1 atom stereocenters. The normalized spacial score (nSPS) is 19.8. The van der Waals surface area contributed by atoms with Crippen LogP contribution in [0.1, 0.15) is 37.3 Å². The van der Waals surface area contributed by atoms with Crippen molar-refractivity contribution in [1.82, 2.24) is 5.32 Å². The van der Waals surface area contributed by atoms with Crippen LogP contribution in [0.4, 0.5) is 0 Å². The summed E-state index contributed by atoms with van der Waals surface area (Å²) in [6.07, 6.45) is 3.56. The van der Waals surface area contributed by atoms with Crippen molar-refractivity contribution in [2.45, 2.75) is 51.2 Å². The molecule has 3 heteroatoms. The van der Waals surface area contributed by atoms with Gasteiger partial charge in [0.05, 0.1) is 5.60 Å². The van der Waals surface area contributed by atoms with Gasteiger partial charge in [0.2, 0.25) is 0 Å². The molecule has 2 N–H and O–H groups in total. The molecule has 1 fully saturated rings. The van der Waals surface area contributed by atoms with E-state index in [1.54, 1.807) is 0 Å². The lowest BCUT2D eigenvalue weighted by atomic mass is 9.93. The molecule has 0 radical (unpaired) electrons. The highest BCUT2D eigenvalue weighted by atomic mass is 16.5. The maximum absolute atomic E-state index is 10.5. The summed E-state index contributed by atoms with van der Waals surface area (Å²) in [5, 5.41) is 14.0. The van der Waals surface area contributed by atoms with Gasteiger partial charge in [0, 0.05) is 38.6 Å². The topological polar surface area (TPSA) is 41.5 Å². The molecule has 0 aromatic heterocycles. The van der Waals surface area contributed by atoms with E-state index in [2.05, 4.69) is 43.4 Å². The summed E-state index contributed by atoms with van der Waals surface area (Å²) in [7, 11) is 0. The van der Waals surface area contributed by atoms with E-state index < -0.39 is 5.60 Å². The van der Waals surface area contributed by atoms with Crippen LogP contribution in [-0.4, -0.2) is 36.5 Å². The first-order chi connectivity index (χ1) is 9.61. The van der Waals surface area contributed by atoms with E-state index >= 15 is 0 Å². The third-order valence-electron chi connectivity index (χ3n) is 4.24.